The third kappa shape index (κ3) is 3.04. The molecule has 0 spiro atoms. The van der Waals surface area contributed by atoms with Gasteiger partial charge in [-0.05, 0) is 18.2 Å². The van der Waals surface area contributed by atoms with Crippen LogP contribution >= 0.6 is 0 Å². The molecule has 4 rings (SSSR count). The van der Waals surface area contributed by atoms with E-state index in [-0.39, 0.29) is 19.0 Å². The molecular weight excluding hydrogens is 349 g/mol. The smallest absolute Gasteiger partial charge is 0.164 e. The van der Waals surface area contributed by atoms with E-state index in [2.05, 4.69) is 15.1 Å². The number of nitrogens with zero attached hydrogens (tertiary/aromatic N) is 5. The molecule has 138 valence electrons. The number of halogens is 1. The van der Waals surface area contributed by atoms with Crippen LogP contribution in [-0.4, -0.2) is 39.0 Å². The summed E-state index contributed by atoms with van der Waals surface area (Å²) in [6, 6.07) is 10.0. The second kappa shape index (κ2) is 6.81. The fourth-order valence-electron chi connectivity index (χ4n) is 2.99. The predicted molar refractivity (Wildman–Crippen MR) is 98.8 cm³/mol. The van der Waals surface area contributed by atoms with Crippen LogP contribution < -0.4 is 4.90 Å². The average Bonchev–Trinajstić information content (AvgIpc) is 3.28. The highest BCUT2D eigenvalue weighted by molar-refractivity contribution is 5.98. The number of aromatic nitrogens is 4. The molecule has 3 heterocycles. The number of fused-ring (bicyclic) bond motifs is 1. The third-order valence-corrected chi connectivity index (χ3v) is 4.26. The largest absolute Gasteiger partial charge is 0.457 e. The molecule has 8 heteroatoms. The Hall–Kier alpha value is -3.26. The Labute approximate surface area is 154 Å². The van der Waals surface area contributed by atoms with Gasteiger partial charge in [0.2, 0.25) is 0 Å². The maximum absolute atomic E-state index is 14.1. The van der Waals surface area contributed by atoms with E-state index in [9.17, 15) is 9.50 Å². The summed E-state index contributed by atoms with van der Waals surface area (Å²) in [7, 11) is 3.75. The summed E-state index contributed by atoms with van der Waals surface area (Å²) in [6.45, 7) is 0.0194. The van der Waals surface area contributed by atoms with Crippen molar-refractivity contribution in [3.63, 3.8) is 0 Å². The zero-order valence-corrected chi connectivity index (χ0v) is 14.9. The van der Waals surface area contributed by atoms with E-state index in [4.69, 9.17) is 4.42 Å². The van der Waals surface area contributed by atoms with E-state index < -0.39 is 0 Å². The number of anilines is 1. The number of furan rings is 1. The number of benzene rings is 1. The minimum Gasteiger partial charge on any atom is -0.457 e. The van der Waals surface area contributed by atoms with Crippen molar-refractivity contribution < 1.29 is 13.9 Å². The maximum Gasteiger partial charge on any atom is 0.164 e. The van der Waals surface area contributed by atoms with Gasteiger partial charge in [0, 0.05) is 19.7 Å². The van der Waals surface area contributed by atoms with E-state index in [0.717, 1.165) is 0 Å². The van der Waals surface area contributed by atoms with Crippen LogP contribution in [-0.2, 0) is 13.2 Å². The van der Waals surface area contributed by atoms with Gasteiger partial charge in [-0.2, -0.15) is 5.10 Å². The van der Waals surface area contributed by atoms with Gasteiger partial charge in [-0.15, -0.1) is 0 Å². The second-order valence-electron chi connectivity index (χ2n) is 6.31. The van der Waals surface area contributed by atoms with E-state index in [0.29, 0.717) is 39.6 Å². The summed E-state index contributed by atoms with van der Waals surface area (Å²) in [4.78, 5) is 10.6. The van der Waals surface area contributed by atoms with Crippen molar-refractivity contribution in [1.82, 2.24) is 19.7 Å². The molecule has 7 nitrogen and oxygen atoms in total. The van der Waals surface area contributed by atoms with Crippen molar-refractivity contribution in [2.75, 3.05) is 19.0 Å². The molecule has 0 amide bonds. The molecule has 0 aliphatic heterocycles. The summed E-state index contributed by atoms with van der Waals surface area (Å²) >= 11 is 0. The summed E-state index contributed by atoms with van der Waals surface area (Å²) in [6.07, 6.45) is 1.46. The topological polar surface area (TPSA) is 80.2 Å². The summed E-state index contributed by atoms with van der Waals surface area (Å²) in [5.41, 5.74) is 1.63. The highest BCUT2D eigenvalue weighted by atomic mass is 19.1. The van der Waals surface area contributed by atoms with Gasteiger partial charge in [0.1, 0.15) is 36.0 Å². The number of rotatable bonds is 5. The first-order valence-corrected chi connectivity index (χ1v) is 8.40. The molecule has 0 unspecified atom stereocenters. The Bertz CT molecular complexity index is 1100. The van der Waals surface area contributed by atoms with Crippen LogP contribution in [0.15, 0.2) is 47.1 Å². The minimum absolute atomic E-state index is 0.203. The molecule has 0 fully saturated rings. The number of aliphatic hydroxyl groups excluding tert-OH is 1. The standard InChI is InChI=1S/C19H18FN5O2/c1-24(2)18-16-17(15-8-7-13(10-26)27-15)23-25(19(16)22-11-21-18)9-12-5-3-4-6-14(12)20/h3-8,11,26H,9-10H2,1-2H3. The van der Waals surface area contributed by atoms with Crippen LogP contribution in [0, 0.1) is 5.82 Å². The molecule has 0 bridgehead atoms. The number of hydrogen-bond acceptors (Lipinski definition) is 6. The van der Waals surface area contributed by atoms with Crippen molar-refractivity contribution in [1.29, 1.82) is 0 Å². The lowest BCUT2D eigenvalue weighted by molar-refractivity contribution is 0.248. The van der Waals surface area contributed by atoms with Crippen molar-refractivity contribution in [3.8, 4) is 11.5 Å². The Balaban J connectivity index is 1.93. The molecule has 0 atom stereocenters. The van der Waals surface area contributed by atoms with E-state index >= 15 is 0 Å². The normalized spacial score (nSPS) is 11.3. The van der Waals surface area contributed by atoms with Crippen LogP contribution in [0.3, 0.4) is 0 Å². The lowest BCUT2D eigenvalue weighted by atomic mass is 10.2. The van der Waals surface area contributed by atoms with Crippen LogP contribution in [0.4, 0.5) is 10.2 Å². The SMILES string of the molecule is CN(C)c1ncnc2c1c(-c1ccc(CO)o1)nn2Cc1ccccc1F. The molecule has 1 N–H and O–H groups in total. The maximum atomic E-state index is 14.1. The van der Waals surface area contributed by atoms with Gasteiger partial charge in [-0.3, -0.25) is 0 Å². The average molecular weight is 367 g/mol. The first-order chi connectivity index (χ1) is 13.1. The Morgan fingerprint density at radius 3 is 2.67 bits per heavy atom. The molecule has 1 aromatic carbocycles. The fourth-order valence-corrected chi connectivity index (χ4v) is 2.99. The lowest BCUT2D eigenvalue weighted by Crippen LogP contribution is -2.11. The fraction of sp³-hybridized carbons (Fsp3) is 0.211. The van der Waals surface area contributed by atoms with Gasteiger partial charge in [0.25, 0.3) is 0 Å². The van der Waals surface area contributed by atoms with Gasteiger partial charge in [0.15, 0.2) is 11.4 Å². The first kappa shape index (κ1) is 17.2. The third-order valence-electron chi connectivity index (χ3n) is 4.26. The summed E-state index contributed by atoms with van der Waals surface area (Å²) in [5, 5.41) is 14.6. The van der Waals surface area contributed by atoms with Crippen molar-refractivity contribution >= 4 is 16.9 Å². The molecule has 0 saturated heterocycles. The van der Waals surface area contributed by atoms with Gasteiger partial charge in [-0.25, -0.2) is 19.0 Å². The summed E-state index contributed by atoms with van der Waals surface area (Å²) < 4.78 is 21.4. The van der Waals surface area contributed by atoms with Gasteiger partial charge >= 0.3 is 0 Å². The van der Waals surface area contributed by atoms with Crippen LogP contribution in [0.5, 0.6) is 0 Å². The highest BCUT2D eigenvalue weighted by Crippen LogP contribution is 2.33. The second-order valence-corrected chi connectivity index (χ2v) is 6.31. The van der Waals surface area contributed by atoms with E-state index in [1.807, 2.05) is 19.0 Å². The molecule has 4 aromatic rings. The Kier molecular flexibility index (Phi) is 4.33. The van der Waals surface area contributed by atoms with Crippen molar-refractivity contribution in [2.45, 2.75) is 13.2 Å². The zero-order chi connectivity index (χ0) is 19.0. The van der Waals surface area contributed by atoms with Gasteiger partial charge < -0.3 is 14.4 Å². The lowest BCUT2D eigenvalue weighted by Gasteiger charge is -2.12. The molecule has 0 radical (unpaired) electrons. The minimum atomic E-state index is -0.301. The predicted octanol–water partition coefficient (Wildman–Crippen LogP) is 2.83. The molecule has 27 heavy (non-hydrogen) atoms. The number of hydrogen-bond donors (Lipinski definition) is 1. The monoisotopic (exact) mass is 367 g/mol. The van der Waals surface area contributed by atoms with Crippen LogP contribution in [0.2, 0.25) is 0 Å². The number of aliphatic hydroxyl groups is 1. The molecule has 3 aromatic heterocycles. The Morgan fingerprint density at radius 1 is 1.15 bits per heavy atom. The molecule has 0 aliphatic carbocycles. The van der Waals surface area contributed by atoms with Crippen LogP contribution in [0.25, 0.3) is 22.5 Å². The van der Waals surface area contributed by atoms with Crippen molar-refractivity contribution in [3.05, 3.63) is 59.9 Å². The first-order valence-electron chi connectivity index (χ1n) is 8.40. The Morgan fingerprint density at radius 2 is 1.96 bits per heavy atom. The highest BCUT2D eigenvalue weighted by Gasteiger charge is 2.22. The van der Waals surface area contributed by atoms with Crippen LogP contribution in [0.1, 0.15) is 11.3 Å². The van der Waals surface area contributed by atoms with Gasteiger partial charge in [-0.1, -0.05) is 18.2 Å². The molecule has 0 aliphatic rings. The zero-order valence-electron chi connectivity index (χ0n) is 14.9. The quantitative estimate of drug-likeness (QED) is 0.584. The molecule has 0 saturated carbocycles. The van der Waals surface area contributed by atoms with Crippen molar-refractivity contribution in [2.24, 2.45) is 0 Å². The van der Waals surface area contributed by atoms with E-state index in [1.165, 1.54) is 12.4 Å². The van der Waals surface area contributed by atoms with Gasteiger partial charge in [0.05, 0.1) is 11.9 Å². The summed E-state index contributed by atoms with van der Waals surface area (Å²) in [5.74, 6) is 1.31. The van der Waals surface area contributed by atoms with E-state index in [1.54, 1.807) is 35.0 Å². The molecular formula is C19H18FN5O2.